The van der Waals surface area contributed by atoms with Crippen molar-refractivity contribution in [3.63, 3.8) is 0 Å². The molecular weight excluding hydrogens is 364 g/mol. The number of carbonyl (C=O) groups is 2. The summed E-state index contributed by atoms with van der Waals surface area (Å²) in [4.78, 5) is 36.2. The lowest BCUT2D eigenvalue weighted by Gasteiger charge is -2.20. The van der Waals surface area contributed by atoms with E-state index in [1.54, 1.807) is 6.07 Å². The van der Waals surface area contributed by atoms with Gasteiger partial charge in [-0.05, 0) is 30.9 Å². The number of carbonyl (C=O) groups excluding carboxylic acids is 2. The van der Waals surface area contributed by atoms with Gasteiger partial charge in [0.25, 0.3) is 0 Å². The lowest BCUT2D eigenvalue weighted by Crippen LogP contribution is -2.32. The number of aromatic nitrogens is 1. The molecule has 0 radical (unpaired) electrons. The zero-order valence-electron chi connectivity index (χ0n) is 15.9. The van der Waals surface area contributed by atoms with E-state index in [4.69, 9.17) is 19.6 Å². The van der Waals surface area contributed by atoms with Crippen LogP contribution in [0.1, 0.15) is 37.3 Å². The molecule has 2 N–H and O–H groups in total. The maximum absolute atomic E-state index is 12.4. The monoisotopic (exact) mass is 390 g/mol. The number of ether oxygens (including phenoxy) is 2. The molecule has 0 bridgehead atoms. The third-order valence-corrected chi connectivity index (χ3v) is 4.84. The Hall–Kier alpha value is -2.29. The van der Waals surface area contributed by atoms with Gasteiger partial charge in [-0.15, -0.1) is 0 Å². The molecule has 1 fully saturated rings. The summed E-state index contributed by atoms with van der Waals surface area (Å²) < 4.78 is 17.6. The van der Waals surface area contributed by atoms with Crippen LogP contribution in [0.15, 0.2) is 27.4 Å². The Kier molecular flexibility index (Phi) is 7.13. The molecule has 1 aromatic carbocycles. The Labute approximate surface area is 162 Å². The highest BCUT2D eigenvalue weighted by atomic mass is 16.5. The second-order valence-electron chi connectivity index (χ2n) is 6.86. The molecule has 0 aliphatic heterocycles. The number of fused-ring (bicyclic) bond motifs is 1. The van der Waals surface area contributed by atoms with Gasteiger partial charge in [0, 0.05) is 19.6 Å². The lowest BCUT2D eigenvalue weighted by atomic mass is 9.92. The van der Waals surface area contributed by atoms with E-state index in [0.717, 1.165) is 12.0 Å². The number of rotatable bonds is 10. The molecule has 1 aliphatic rings. The first kappa shape index (κ1) is 20.4. The van der Waals surface area contributed by atoms with Crippen molar-refractivity contribution in [1.82, 2.24) is 4.57 Å². The molecule has 1 aromatic heterocycles. The molecule has 2 aromatic rings. The number of hydrogen-bond donors (Lipinski definition) is 1. The number of nitrogens with zero attached hydrogens (tertiary/aromatic N) is 1. The van der Waals surface area contributed by atoms with Gasteiger partial charge in [0.1, 0.15) is 5.78 Å². The second-order valence-corrected chi connectivity index (χ2v) is 6.86. The van der Waals surface area contributed by atoms with Gasteiger partial charge < -0.3 is 19.6 Å². The molecule has 152 valence electrons. The van der Waals surface area contributed by atoms with E-state index in [0.29, 0.717) is 63.3 Å². The number of oxazole rings is 1. The minimum Gasteiger partial charge on any atom is -0.407 e. The fourth-order valence-electron chi connectivity index (χ4n) is 3.51. The van der Waals surface area contributed by atoms with Crippen LogP contribution in [0, 0.1) is 0 Å². The molecular formula is C20H26N2O6. The minimum absolute atomic E-state index is 0.0729. The molecule has 0 amide bonds. The average Bonchev–Trinajstić information content (AvgIpc) is 3.01. The fourth-order valence-corrected chi connectivity index (χ4v) is 3.51. The Morgan fingerprint density at radius 1 is 1.11 bits per heavy atom. The smallest absolute Gasteiger partial charge is 0.407 e. The summed E-state index contributed by atoms with van der Waals surface area (Å²) in [6.07, 6.45) is 1.99. The Morgan fingerprint density at radius 3 is 2.64 bits per heavy atom. The number of Topliss-reactive ketones (excluding diaryl/α,β-unsaturated/α-hetero) is 2. The van der Waals surface area contributed by atoms with Crippen molar-refractivity contribution in [2.75, 3.05) is 33.0 Å². The molecule has 0 saturated heterocycles. The molecule has 3 rings (SSSR count). The molecule has 28 heavy (non-hydrogen) atoms. The van der Waals surface area contributed by atoms with E-state index in [1.807, 2.05) is 12.1 Å². The van der Waals surface area contributed by atoms with Gasteiger partial charge in [-0.3, -0.25) is 14.2 Å². The molecule has 0 spiro atoms. The number of ketones is 2. The maximum atomic E-state index is 12.4. The first-order valence-electron chi connectivity index (χ1n) is 9.64. The second kappa shape index (κ2) is 9.77. The summed E-state index contributed by atoms with van der Waals surface area (Å²) in [5.74, 6) is -0.851. The summed E-state index contributed by atoms with van der Waals surface area (Å²) >= 11 is 0. The van der Waals surface area contributed by atoms with Gasteiger partial charge in [0.05, 0.1) is 37.8 Å². The SMILES string of the molecule is NCCOCCOCCCc1cccc2c1oc(=O)n2C1CCC(=O)CC1=O. The Balaban J connectivity index is 1.65. The van der Waals surface area contributed by atoms with Crippen LogP contribution in [0.5, 0.6) is 0 Å². The minimum atomic E-state index is -0.626. The highest BCUT2D eigenvalue weighted by molar-refractivity contribution is 6.03. The summed E-state index contributed by atoms with van der Waals surface area (Å²) in [6, 6.07) is 4.91. The van der Waals surface area contributed by atoms with Crippen LogP contribution in [-0.4, -0.2) is 49.1 Å². The van der Waals surface area contributed by atoms with Crippen molar-refractivity contribution in [2.24, 2.45) is 5.73 Å². The number of para-hydroxylation sites is 1. The first-order chi connectivity index (χ1) is 13.6. The van der Waals surface area contributed by atoms with Crippen molar-refractivity contribution in [2.45, 2.75) is 38.1 Å². The van der Waals surface area contributed by atoms with Gasteiger partial charge in [-0.1, -0.05) is 12.1 Å². The van der Waals surface area contributed by atoms with Gasteiger partial charge in [0.15, 0.2) is 11.4 Å². The van der Waals surface area contributed by atoms with Gasteiger partial charge in [-0.25, -0.2) is 4.79 Å². The lowest BCUT2D eigenvalue weighted by molar-refractivity contribution is -0.132. The van der Waals surface area contributed by atoms with E-state index < -0.39 is 11.8 Å². The molecule has 8 heteroatoms. The number of hydrogen-bond acceptors (Lipinski definition) is 7. The summed E-state index contributed by atoms with van der Waals surface area (Å²) in [6.45, 7) is 2.62. The van der Waals surface area contributed by atoms with Crippen molar-refractivity contribution in [3.05, 3.63) is 34.3 Å². The van der Waals surface area contributed by atoms with Gasteiger partial charge in [-0.2, -0.15) is 0 Å². The predicted octanol–water partition coefficient (Wildman–Crippen LogP) is 1.38. The summed E-state index contributed by atoms with van der Waals surface area (Å²) in [7, 11) is 0. The molecule has 1 unspecified atom stereocenters. The highest BCUT2D eigenvalue weighted by Gasteiger charge is 2.31. The summed E-state index contributed by atoms with van der Waals surface area (Å²) in [5.41, 5.74) is 7.35. The topological polar surface area (TPSA) is 114 Å². The molecule has 1 saturated carbocycles. The Bertz CT molecular complexity index is 884. The van der Waals surface area contributed by atoms with Crippen LogP contribution < -0.4 is 11.5 Å². The number of aryl methyl sites for hydroxylation is 1. The van der Waals surface area contributed by atoms with Crippen molar-refractivity contribution in [1.29, 1.82) is 0 Å². The average molecular weight is 390 g/mol. The molecule has 1 aliphatic carbocycles. The van der Waals surface area contributed by atoms with Crippen LogP contribution in [0.3, 0.4) is 0 Å². The van der Waals surface area contributed by atoms with Crippen LogP contribution in [0.2, 0.25) is 0 Å². The van der Waals surface area contributed by atoms with Crippen LogP contribution in [0.25, 0.3) is 11.1 Å². The highest BCUT2D eigenvalue weighted by Crippen LogP contribution is 2.28. The van der Waals surface area contributed by atoms with Crippen LogP contribution >= 0.6 is 0 Å². The largest absolute Gasteiger partial charge is 0.420 e. The van der Waals surface area contributed by atoms with Gasteiger partial charge in [0.2, 0.25) is 0 Å². The summed E-state index contributed by atoms with van der Waals surface area (Å²) in [5, 5.41) is 0. The Morgan fingerprint density at radius 2 is 1.89 bits per heavy atom. The fraction of sp³-hybridized carbons (Fsp3) is 0.550. The van der Waals surface area contributed by atoms with Crippen molar-refractivity contribution in [3.8, 4) is 0 Å². The molecule has 1 heterocycles. The van der Waals surface area contributed by atoms with E-state index >= 15 is 0 Å². The molecule has 1 atom stereocenters. The van der Waals surface area contributed by atoms with E-state index in [-0.39, 0.29) is 18.0 Å². The third-order valence-electron chi connectivity index (χ3n) is 4.84. The quantitative estimate of drug-likeness (QED) is 0.481. The van der Waals surface area contributed by atoms with Crippen molar-refractivity contribution >= 4 is 22.7 Å². The third kappa shape index (κ3) is 4.76. The first-order valence-corrected chi connectivity index (χ1v) is 9.64. The zero-order valence-corrected chi connectivity index (χ0v) is 15.9. The van der Waals surface area contributed by atoms with Crippen LogP contribution in [0.4, 0.5) is 0 Å². The molecule has 8 nitrogen and oxygen atoms in total. The zero-order chi connectivity index (χ0) is 19.9. The standard InChI is InChI=1S/C20H26N2O6/c21-8-10-27-12-11-26-9-2-4-14-3-1-5-17-19(14)28-20(25)22(17)16-7-6-15(23)13-18(16)24/h1,3,5,16H,2,4,6-13,21H2. The van der Waals surface area contributed by atoms with E-state index in [1.165, 1.54) is 4.57 Å². The maximum Gasteiger partial charge on any atom is 0.420 e. The van der Waals surface area contributed by atoms with E-state index in [9.17, 15) is 14.4 Å². The number of benzene rings is 1. The van der Waals surface area contributed by atoms with E-state index in [2.05, 4.69) is 0 Å². The van der Waals surface area contributed by atoms with Crippen molar-refractivity contribution < 1.29 is 23.5 Å². The van der Waals surface area contributed by atoms with Gasteiger partial charge >= 0.3 is 5.76 Å². The normalized spacial score (nSPS) is 17.5. The predicted molar refractivity (Wildman–Crippen MR) is 102 cm³/mol. The number of nitrogens with two attached hydrogens (primary N) is 1. The van der Waals surface area contributed by atoms with Crippen LogP contribution in [-0.2, 0) is 25.5 Å².